The lowest BCUT2D eigenvalue weighted by Crippen LogP contribution is -2.25. The summed E-state index contributed by atoms with van der Waals surface area (Å²) in [6.07, 6.45) is 2.86. The standard InChI is InChI=1S/C21H26N2O4/c1-26-17-13-11-16(12-14-17)23-19-9-6-5-8-18(19)21(25)22-15-7-3-4-10-20(24)27-2/h5-6,8-9,11-14,23H,3-4,7,10,15H2,1-2H3,(H,22,25). The van der Waals surface area contributed by atoms with Gasteiger partial charge in [-0.05, 0) is 49.2 Å². The van der Waals surface area contributed by atoms with Crippen LogP contribution < -0.4 is 15.4 Å². The molecule has 0 radical (unpaired) electrons. The minimum absolute atomic E-state index is 0.125. The molecule has 6 nitrogen and oxygen atoms in total. The maximum Gasteiger partial charge on any atom is 0.305 e. The first-order valence-electron chi connectivity index (χ1n) is 8.99. The Morgan fingerprint density at radius 2 is 1.67 bits per heavy atom. The average Bonchev–Trinajstić information content (AvgIpc) is 2.71. The number of anilines is 2. The fourth-order valence-electron chi connectivity index (χ4n) is 2.59. The zero-order chi connectivity index (χ0) is 19.5. The lowest BCUT2D eigenvalue weighted by Gasteiger charge is -2.12. The van der Waals surface area contributed by atoms with Crippen LogP contribution in [0.25, 0.3) is 0 Å². The smallest absolute Gasteiger partial charge is 0.305 e. The third kappa shape index (κ3) is 6.66. The van der Waals surface area contributed by atoms with Crippen LogP contribution in [0.15, 0.2) is 48.5 Å². The minimum Gasteiger partial charge on any atom is -0.497 e. The van der Waals surface area contributed by atoms with Gasteiger partial charge in [-0.15, -0.1) is 0 Å². The number of rotatable bonds is 10. The molecule has 0 aliphatic rings. The first-order valence-corrected chi connectivity index (χ1v) is 8.99. The molecular formula is C21H26N2O4. The van der Waals surface area contributed by atoms with Crippen molar-refractivity contribution in [1.29, 1.82) is 0 Å². The highest BCUT2D eigenvalue weighted by molar-refractivity contribution is 6.00. The number of unbranched alkanes of at least 4 members (excludes halogenated alkanes) is 2. The second kappa shape index (κ2) is 10.9. The van der Waals surface area contributed by atoms with Crippen LogP contribution in [-0.2, 0) is 9.53 Å². The highest BCUT2D eigenvalue weighted by Crippen LogP contribution is 2.22. The first-order chi connectivity index (χ1) is 13.1. The molecule has 0 aliphatic heterocycles. The van der Waals surface area contributed by atoms with Gasteiger partial charge >= 0.3 is 5.97 Å². The number of benzene rings is 2. The van der Waals surface area contributed by atoms with Crippen molar-refractivity contribution in [2.45, 2.75) is 25.7 Å². The molecule has 2 N–H and O–H groups in total. The van der Waals surface area contributed by atoms with E-state index in [-0.39, 0.29) is 11.9 Å². The third-order valence-corrected chi connectivity index (χ3v) is 4.11. The number of nitrogens with one attached hydrogen (secondary N) is 2. The van der Waals surface area contributed by atoms with Crippen LogP contribution in [0.5, 0.6) is 5.75 Å². The lowest BCUT2D eigenvalue weighted by molar-refractivity contribution is -0.140. The number of hydrogen-bond acceptors (Lipinski definition) is 5. The number of ether oxygens (including phenoxy) is 2. The highest BCUT2D eigenvalue weighted by atomic mass is 16.5. The molecule has 0 aliphatic carbocycles. The Morgan fingerprint density at radius 1 is 0.926 bits per heavy atom. The summed E-state index contributed by atoms with van der Waals surface area (Å²) in [6.45, 7) is 0.566. The Labute approximate surface area is 159 Å². The van der Waals surface area contributed by atoms with Gasteiger partial charge in [0, 0.05) is 18.7 Å². The molecule has 0 aromatic heterocycles. The SMILES string of the molecule is COC(=O)CCCCCNC(=O)c1ccccc1Nc1ccc(OC)cc1. The molecule has 0 atom stereocenters. The van der Waals surface area contributed by atoms with Crippen LogP contribution in [0.4, 0.5) is 11.4 Å². The number of hydrogen-bond donors (Lipinski definition) is 2. The van der Waals surface area contributed by atoms with Crippen molar-refractivity contribution in [3.05, 3.63) is 54.1 Å². The molecule has 2 aromatic carbocycles. The molecule has 0 spiro atoms. The Kier molecular flexibility index (Phi) is 8.16. The van der Waals surface area contributed by atoms with Crippen LogP contribution in [0.2, 0.25) is 0 Å². The van der Waals surface area contributed by atoms with Gasteiger partial charge in [-0.1, -0.05) is 18.6 Å². The van der Waals surface area contributed by atoms with Crippen molar-refractivity contribution < 1.29 is 19.1 Å². The van der Waals surface area contributed by atoms with Crippen molar-refractivity contribution in [3.8, 4) is 5.75 Å². The van der Waals surface area contributed by atoms with E-state index in [1.54, 1.807) is 13.2 Å². The molecule has 2 aromatic rings. The molecule has 2 rings (SSSR count). The summed E-state index contributed by atoms with van der Waals surface area (Å²) in [4.78, 5) is 23.6. The van der Waals surface area contributed by atoms with Gasteiger partial charge < -0.3 is 20.1 Å². The summed E-state index contributed by atoms with van der Waals surface area (Å²) in [7, 11) is 3.01. The Bertz CT molecular complexity index is 744. The molecule has 0 bridgehead atoms. The summed E-state index contributed by atoms with van der Waals surface area (Å²) in [5, 5.41) is 6.20. The van der Waals surface area contributed by atoms with Crippen molar-refractivity contribution in [2.24, 2.45) is 0 Å². The third-order valence-electron chi connectivity index (χ3n) is 4.11. The Balaban J connectivity index is 1.86. The summed E-state index contributed by atoms with van der Waals surface area (Å²) >= 11 is 0. The highest BCUT2D eigenvalue weighted by Gasteiger charge is 2.10. The molecule has 0 fully saturated rings. The normalized spacial score (nSPS) is 10.1. The molecule has 0 saturated carbocycles. The maximum atomic E-state index is 12.5. The summed E-state index contributed by atoms with van der Waals surface area (Å²) in [6, 6.07) is 14.9. The minimum atomic E-state index is -0.197. The van der Waals surface area contributed by atoms with Crippen LogP contribution >= 0.6 is 0 Å². The summed E-state index contributed by atoms with van der Waals surface area (Å²) in [5.74, 6) is 0.455. The second-order valence-corrected chi connectivity index (χ2v) is 6.04. The van der Waals surface area contributed by atoms with Gasteiger partial charge in [0.2, 0.25) is 0 Å². The predicted octanol–water partition coefficient (Wildman–Crippen LogP) is 3.90. The predicted molar refractivity (Wildman–Crippen MR) is 106 cm³/mol. The van der Waals surface area contributed by atoms with E-state index in [0.29, 0.717) is 18.5 Å². The van der Waals surface area contributed by atoms with Crippen LogP contribution in [0.3, 0.4) is 0 Å². The fourth-order valence-corrected chi connectivity index (χ4v) is 2.59. The summed E-state index contributed by atoms with van der Waals surface area (Å²) in [5.41, 5.74) is 2.20. The lowest BCUT2D eigenvalue weighted by atomic mass is 10.1. The van der Waals surface area contributed by atoms with E-state index in [4.69, 9.17) is 4.74 Å². The van der Waals surface area contributed by atoms with Crippen molar-refractivity contribution in [1.82, 2.24) is 5.32 Å². The second-order valence-electron chi connectivity index (χ2n) is 6.04. The van der Waals surface area contributed by atoms with E-state index in [2.05, 4.69) is 15.4 Å². The topological polar surface area (TPSA) is 76.7 Å². The van der Waals surface area contributed by atoms with Crippen LogP contribution in [0, 0.1) is 0 Å². The quantitative estimate of drug-likeness (QED) is 0.490. The van der Waals surface area contributed by atoms with E-state index in [9.17, 15) is 9.59 Å². The van der Waals surface area contributed by atoms with Gasteiger partial charge in [-0.3, -0.25) is 9.59 Å². The number of methoxy groups -OCH3 is 2. The number of carbonyl (C=O) groups is 2. The average molecular weight is 370 g/mol. The maximum absolute atomic E-state index is 12.5. The number of carbonyl (C=O) groups excluding carboxylic acids is 2. The van der Waals surface area contributed by atoms with Crippen molar-refractivity contribution in [2.75, 3.05) is 26.1 Å². The van der Waals surface area contributed by atoms with E-state index < -0.39 is 0 Å². The van der Waals surface area contributed by atoms with Gasteiger partial charge in [0.1, 0.15) is 5.75 Å². The molecule has 0 saturated heterocycles. The molecule has 6 heteroatoms. The zero-order valence-electron chi connectivity index (χ0n) is 15.8. The molecule has 0 heterocycles. The van der Waals surface area contributed by atoms with Gasteiger partial charge in [0.15, 0.2) is 0 Å². The summed E-state index contributed by atoms with van der Waals surface area (Å²) < 4.78 is 9.76. The van der Waals surface area contributed by atoms with Crippen LogP contribution in [-0.4, -0.2) is 32.6 Å². The molecular weight excluding hydrogens is 344 g/mol. The Morgan fingerprint density at radius 3 is 2.37 bits per heavy atom. The zero-order valence-corrected chi connectivity index (χ0v) is 15.8. The monoisotopic (exact) mass is 370 g/mol. The molecule has 144 valence electrons. The van der Waals surface area contributed by atoms with Gasteiger partial charge in [0.05, 0.1) is 25.5 Å². The van der Waals surface area contributed by atoms with Gasteiger partial charge in [0.25, 0.3) is 5.91 Å². The number of amides is 1. The van der Waals surface area contributed by atoms with Crippen molar-refractivity contribution in [3.63, 3.8) is 0 Å². The van der Waals surface area contributed by atoms with E-state index >= 15 is 0 Å². The van der Waals surface area contributed by atoms with Crippen molar-refractivity contribution >= 4 is 23.3 Å². The first kappa shape index (κ1) is 20.3. The van der Waals surface area contributed by atoms with E-state index in [1.807, 2.05) is 42.5 Å². The fraction of sp³-hybridized carbons (Fsp3) is 0.333. The van der Waals surface area contributed by atoms with Gasteiger partial charge in [-0.2, -0.15) is 0 Å². The Hall–Kier alpha value is -3.02. The number of esters is 1. The molecule has 27 heavy (non-hydrogen) atoms. The number of para-hydroxylation sites is 1. The van der Waals surface area contributed by atoms with E-state index in [0.717, 1.165) is 36.4 Å². The van der Waals surface area contributed by atoms with Crippen LogP contribution in [0.1, 0.15) is 36.0 Å². The largest absolute Gasteiger partial charge is 0.497 e. The molecule has 1 amide bonds. The molecule has 0 unspecified atom stereocenters. The van der Waals surface area contributed by atoms with E-state index in [1.165, 1.54) is 7.11 Å². The van der Waals surface area contributed by atoms with Gasteiger partial charge in [-0.25, -0.2) is 0 Å².